The SMILES string of the molecule is CCCCn1nc(C(C)(C)C)sc1=NC(=O)c1cc(C(F)(F)F)ccc1CN1CCC1. The predicted octanol–water partition coefficient (Wildman–Crippen LogP) is 5.01. The van der Waals surface area contributed by atoms with Gasteiger partial charge in [0.15, 0.2) is 0 Å². The molecule has 1 aromatic heterocycles. The normalized spacial score (nSPS) is 15.9. The summed E-state index contributed by atoms with van der Waals surface area (Å²) in [6.45, 7) is 11.0. The highest BCUT2D eigenvalue weighted by Gasteiger charge is 2.32. The number of aromatic nitrogens is 2. The smallest absolute Gasteiger partial charge is 0.299 e. The summed E-state index contributed by atoms with van der Waals surface area (Å²) in [4.78, 5) is 19.9. The molecule has 5 nitrogen and oxygen atoms in total. The topological polar surface area (TPSA) is 50.5 Å². The number of aryl methyl sites for hydroxylation is 1. The van der Waals surface area contributed by atoms with E-state index in [0.717, 1.165) is 49.5 Å². The first kappa shape index (κ1) is 23.7. The number of likely N-dealkylation sites (tertiary alicyclic amines) is 1. The highest BCUT2D eigenvalue weighted by atomic mass is 32.1. The molecule has 0 N–H and O–H groups in total. The van der Waals surface area contributed by atoms with Crippen molar-refractivity contribution in [1.29, 1.82) is 0 Å². The average molecular weight is 455 g/mol. The van der Waals surface area contributed by atoms with Crippen LogP contribution in [0.4, 0.5) is 13.2 Å². The summed E-state index contributed by atoms with van der Waals surface area (Å²) in [5, 5.41) is 5.45. The number of hydrogen-bond acceptors (Lipinski definition) is 4. The molecular weight excluding hydrogens is 425 g/mol. The molecule has 0 bridgehead atoms. The Balaban J connectivity index is 2.04. The van der Waals surface area contributed by atoms with E-state index in [9.17, 15) is 18.0 Å². The second-order valence-electron chi connectivity index (χ2n) is 8.93. The third kappa shape index (κ3) is 5.83. The average Bonchev–Trinajstić information content (AvgIpc) is 3.05. The number of unbranched alkanes of at least 4 members (excludes halogenated alkanes) is 1. The van der Waals surface area contributed by atoms with Crippen molar-refractivity contribution >= 4 is 17.2 Å². The minimum Gasteiger partial charge on any atom is -0.299 e. The summed E-state index contributed by atoms with van der Waals surface area (Å²) in [5.41, 5.74) is -0.470. The number of hydrogen-bond donors (Lipinski definition) is 0. The van der Waals surface area contributed by atoms with E-state index in [4.69, 9.17) is 0 Å². The fourth-order valence-corrected chi connectivity index (χ4v) is 4.15. The van der Waals surface area contributed by atoms with E-state index < -0.39 is 17.6 Å². The number of nitrogens with zero attached hydrogens (tertiary/aromatic N) is 4. The predicted molar refractivity (Wildman–Crippen MR) is 115 cm³/mol. The van der Waals surface area contributed by atoms with Gasteiger partial charge in [-0.25, -0.2) is 4.68 Å². The van der Waals surface area contributed by atoms with E-state index in [1.54, 1.807) is 4.68 Å². The van der Waals surface area contributed by atoms with Crippen LogP contribution in [-0.2, 0) is 24.7 Å². The molecule has 170 valence electrons. The Labute approximate surface area is 184 Å². The second-order valence-corrected chi connectivity index (χ2v) is 9.89. The third-order valence-corrected chi connectivity index (χ3v) is 6.56. The number of benzene rings is 1. The zero-order valence-corrected chi connectivity index (χ0v) is 19.2. The number of rotatable bonds is 6. The van der Waals surface area contributed by atoms with Crippen LogP contribution in [0.2, 0.25) is 0 Å². The molecule has 1 aliphatic rings. The maximum atomic E-state index is 13.3. The molecule has 0 saturated carbocycles. The minimum absolute atomic E-state index is 0.00877. The number of alkyl halides is 3. The Morgan fingerprint density at radius 1 is 1.23 bits per heavy atom. The van der Waals surface area contributed by atoms with Crippen molar-refractivity contribution < 1.29 is 18.0 Å². The van der Waals surface area contributed by atoms with Crippen LogP contribution in [0.3, 0.4) is 0 Å². The highest BCUT2D eigenvalue weighted by molar-refractivity contribution is 7.09. The Hall–Kier alpha value is -2.00. The highest BCUT2D eigenvalue weighted by Crippen LogP contribution is 2.31. The number of carbonyl (C=O) groups excluding carboxylic acids is 1. The fraction of sp³-hybridized carbons (Fsp3) is 0.591. The van der Waals surface area contributed by atoms with Gasteiger partial charge in [-0.1, -0.05) is 51.5 Å². The van der Waals surface area contributed by atoms with Crippen molar-refractivity contribution in [3.63, 3.8) is 0 Å². The van der Waals surface area contributed by atoms with Gasteiger partial charge in [0.2, 0.25) is 4.80 Å². The van der Waals surface area contributed by atoms with Crippen molar-refractivity contribution in [1.82, 2.24) is 14.7 Å². The molecule has 2 aromatic rings. The molecule has 0 unspecified atom stereocenters. The van der Waals surface area contributed by atoms with Crippen LogP contribution in [0.25, 0.3) is 0 Å². The van der Waals surface area contributed by atoms with Gasteiger partial charge in [0, 0.05) is 24.1 Å². The van der Waals surface area contributed by atoms with Crippen molar-refractivity contribution in [3.8, 4) is 0 Å². The molecule has 3 rings (SSSR count). The van der Waals surface area contributed by atoms with E-state index in [1.807, 2.05) is 20.8 Å². The fourth-order valence-electron chi connectivity index (χ4n) is 3.17. The van der Waals surface area contributed by atoms with Gasteiger partial charge in [0.1, 0.15) is 5.01 Å². The molecular formula is C22H29F3N4OS. The molecule has 1 saturated heterocycles. The number of halogens is 3. The Morgan fingerprint density at radius 2 is 1.94 bits per heavy atom. The van der Waals surface area contributed by atoms with Crippen LogP contribution >= 0.6 is 11.3 Å². The van der Waals surface area contributed by atoms with Crippen LogP contribution in [0, 0.1) is 0 Å². The molecule has 0 aliphatic carbocycles. The van der Waals surface area contributed by atoms with E-state index in [1.165, 1.54) is 17.4 Å². The zero-order valence-electron chi connectivity index (χ0n) is 18.4. The van der Waals surface area contributed by atoms with Gasteiger partial charge in [0.05, 0.1) is 5.56 Å². The van der Waals surface area contributed by atoms with Gasteiger partial charge in [-0.2, -0.15) is 23.3 Å². The van der Waals surface area contributed by atoms with Crippen molar-refractivity contribution in [2.24, 2.45) is 4.99 Å². The zero-order chi connectivity index (χ0) is 22.8. The van der Waals surface area contributed by atoms with Crippen LogP contribution in [0.15, 0.2) is 23.2 Å². The summed E-state index contributed by atoms with van der Waals surface area (Å²) in [7, 11) is 0. The minimum atomic E-state index is -4.52. The van der Waals surface area contributed by atoms with Gasteiger partial charge < -0.3 is 0 Å². The van der Waals surface area contributed by atoms with Gasteiger partial charge in [-0.3, -0.25) is 9.69 Å². The number of carbonyl (C=O) groups is 1. The van der Waals surface area contributed by atoms with Crippen LogP contribution in [-0.4, -0.2) is 33.7 Å². The molecule has 31 heavy (non-hydrogen) atoms. The first-order valence-electron chi connectivity index (χ1n) is 10.6. The molecule has 0 atom stereocenters. The van der Waals surface area contributed by atoms with Crippen molar-refractivity contribution in [2.75, 3.05) is 13.1 Å². The second kappa shape index (κ2) is 9.24. The molecule has 0 spiro atoms. The van der Waals surface area contributed by atoms with Crippen LogP contribution in [0.1, 0.15) is 73.4 Å². The summed E-state index contributed by atoms with van der Waals surface area (Å²) in [6, 6.07) is 3.38. The van der Waals surface area contributed by atoms with Gasteiger partial charge in [0.25, 0.3) is 5.91 Å². The lowest BCUT2D eigenvalue weighted by Crippen LogP contribution is -2.36. The lowest BCUT2D eigenvalue weighted by atomic mass is 9.98. The lowest BCUT2D eigenvalue weighted by Gasteiger charge is -2.31. The molecule has 2 heterocycles. The van der Waals surface area contributed by atoms with Gasteiger partial charge >= 0.3 is 6.18 Å². The van der Waals surface area contributed by atoms with E-state index in [0.29, 0.717) is 23.5 Å². The Kier molecular flexibility index (Phi) is 7.05. The summed E-state index contributed by atoms with van der Waals surface area (Å²) >= 11 is 1.32. The Bertz CT molecular complexity index is 997. The summed E-state index contributed by atoms with van der Waals surface area (Å²) in [5.74, 6) is -0.656. The molecule has 1 amide bonds. The summed E-state index contributed by atoms with van der Waals surface area (Å²) < 4.78 is 41.6. The third-order valence-electron chi connectivity index (χ3n) is 5.19. The molecule has 1 aliphatic heterocycles. The maximum absolute atomic E-state index is 13.3. The molecule has 0 radical (unpaired) electrons. The van der Waals surface area contributed by atoms with Crippen LogP contribution < -0.4 is 4.80 Å². The molecule has 1 aromatic carbocycles. The van der Waals surface area contributed by atoms with E-state index in [2.05, 4.69) is 21.9 Å². The number of amides is 1. The first-order chi connectivity index (χ1) is 14.5. The van der Waals surface area contributed by atoms with Crippen molar-refractivity contribution in [3.05, 3.63) is 44.7 Å². The first-order valence-corrected chi connectivity index (χ1v) is 11.4. The molecule has 9 heteroatoms. The quantitative estimate of drug-likeness (QED) is 0.617. The Morgan fingerprint density at radius 3 is 2.48 bits per heavy atom. The lowest BCUT2D eigenvalue weighted by molar-refractivity contribution is -0.137. The summed E-state index contributed by atoms with van der Waals surface area (Å²) in [6.07, 6.45) is -1.63. The standard InChI is InChI=1S/C22H29F3N4OS/c1-5-6-12-29-20(31-19(27-29)21(2,3)4)26-18(30)17-13-16(22(23,24)25)9-8-15(17)14-28-10-7-11-28/h8-9,13H,5-7,10-12,14H2,1-4H3. The largest absolute Gasteiger partial charge is 0.416 e. The van der Waals surface area contributed by atoms with E-state index in [-0.39, 0.29) is 11.0 Å². The van der Waals surface area contributed by atoms with Crippen molar-refractivity contribution in [2.45, 2.75) is 71.6 Å². The molecule has 1 fully saturated rings. The monoisotopic (exact) mass is 454 g/mol. The van der Waals surface area contributed by atoms with Gasteiger partial charge in [-0.05, 0) is 43.6 Å². The van der Waals surface area contributed by atoms with Gasteiger partial charge in [-0.15, -0.1) is 0 Å². The maximum Gasteiger partial charge on any atom is 0.416 e. The van der Waals surface area contributed by atoms with Crippen LogP contribution in [0.5, 0.6) is 0 Å². The van der Waals surface area contributed by atoms with E-state index >= 15 is 0 Å².